The minimum Gasteiger partial charge on any atom is -0.353 e. The number of aryl methyl sites for hydroxylation is 1. The van der Waals surface area contributed by atoms with Crippen LogP contribution in [-0.4, -0.2) is 17.5 Å². The van der Waals surface area contributed by atoms with Gasteiger partial charge >= 0.3 is 0 Å². The molecule has 0 aliphatic rings. The smallest absolute Gasteiger partial charge is 0.227 e. The van der Waals surface area contributed by atoms with Crippen LogP contribution in [0.3, 0.4) is 0 Å². The van der Waals surface area contributed by atoms with Crippen molar-refractivity contribution >= 4 is 5.91 Å². The Hall–Kier alpha value is -1.35. The Morgan fingerprint density at radius 1 is 1.20 bits per heavy atom. The highest BCUT2D eigenvalue weighted by Crippen LogP contribution is 2.28. The molecule has 0 saturated carbocycles. The van der Waals surface area contributed by atoms with Gasteiger partial charge in [0.1, 0.15) is 0 Å². The van der Waals surface area contributed by atoms with Crippen LogP contribution in [0.15, 0.2) is 30.3 Å². The van der Waals surface area contributed by atoms with Crippen molar-refractivity contribution in [1.29, 1.82) is 0 Å². The summed E-state index contributed by atoms with van der Waals surface area (Å²) in [5.74, 6) is 0.0190. The molecule has 0 saturated heterocycles. The molecule has 0 aliphatic carbocycles. The van der Waals surface area contributed by atoms with E-state index in [0.29, 0.717) is 0 Å². The number of carbonyl (C=O) groups is 1. The van der Waals surface area contributed by atoms with Gasteiger partial charge in [0.15, 0.2) is 0 Å². The third kappa shape index (κ3) is 4.34. The van der Waals surface area contributed by atoms with Gasteiger partial charge < -0.3 is 11.1 Å². The highest BCUT2D eigenvalue weighted by molar-refractivity contribution is 5.83. The molecule has 0 bridgehead atoms. The van der Waals surface area contributed by atoms with Crippen LogP contribution in [0.2, 0.25) is 0 Å². The highest BCUT2D eigenvalue weighted by Gasteiger charge is 2.40. The largest absolute Gasteiger partial charge is 0.353 e. The Bertz CT molecular complexity index is 432. The van der Waals surface area contributed by atoms with E-state index in [-0.39, 0.29) is 11.9 Å². The number of nitrogens with two attached hydrogens (primary N) is 1. The van der Waals surface area contributed by atoms with Crippen LogP contribution in [0.4, 0.5) is 0 Å². The monoisotopic (exact) mass is 276 g/mol. The minimum atomic E-state index is -0.589. The summed E-state index contributed by atoms with van der Waals surface area (Å²) in [6.45, 7) is 9.61. The van der Waals surface area contributed by atoms with E-state index in [0.717, 1.165) is 12.8 Å². The Morgan fingerprint density at radius 2 is 1.75 bits per heavy atom. The fourth-order valence-electron chi connectivity index (χ4n) is 1.80. The van der Waals surface area contributed by atoms with E-state index >= 15 is 0 Å². The molecule has 1 rings (SSSR count). The van der Waals surface area contributed by atoms with Gasteiger partial charge in [0.05, 0.1) is 5.41 Å². The summed E-state index contributed by atoms with van der Waals surface area (Å²) >= 11 is 0. The second-order valence-electron chi connectivity index (χ2n) is 6.75. The van der Waals surface area contributed by atoms with Crippen molar-refractivity contribution in [2.75, 3.05) is 0 Å². The average Bonchev–Trinajstić information content (AvgIpc) is 2.36. The van der Waals surface area contributed by atoms with E-state index in [1.807, 2.05) is 52.8 Å². The average molecular weight is 276 g/mol. The summed E-state index contributed by atoms with van der Waals surface area (Å²) in [4.78, 5) is 12.3. The molecule has 1 aromatic carbocycles. The van der Waals surface area contributed by atoms with Crippen LogP contribution in [0.25, 0.3) is 0 Å². The van der Waals surface area contributed by atoms with E-state index in [1.165, 1.54) is 5.56 Å². The summed E-state index contributed by atoms with van der Waals surface area (Å²) in [6, 6.07) is 10.5. The zero-order chi connectivity index (χ0) is 15.4. The first-order valence-corrected chi connectivity index (χ1v) is 7.28. The third-order valence-corrected chi connectivity index (χ3v) is 4.26. The van der Waals surface area contributed by atoms with Gasteiger partial charge in [-0.2, -0.15) is 0 Å². The molecule has 1 unspecified atom stereocenters. The van der Waals surface area contributed by atoms with Gasteiger partial charge in [-0.05, 0) is 53.0 Å². The van der Waals surface area contributed by atoms with Crippen LogP contribution in [-0.2, 0) is 11.2 Å². The summed E-state index contributed by atoms with van der Waals surface area (Å²) < 4.78 is 0. The zero-order valence-electron chi connectivity index (χ0n) is 13.4. The molecule has 3 heteroatoms. The molecule has 112 valence electrons. The number of rotatable bonds is 6. The normalized spacial score (nSPS) is 13.9. The molecule has 20 heavy (non-hydrogen) atoms. The van der Waals surface area contributed by atoms with E-state index in [2.05, 4.69) is 17.4 Å². The van der Waals surface area contributed by atoms with Crippen LogP contribution in [0.5, 0.6) is 0 Å². The number of hydrogen-bond donors (Lipinski definition) is 2. The first-order valence-electron chi connectivity index (χ1n) is 7.28. The van der Waals surface area contributed by atoms with Gasteiger partial charge in [-0.1, -0.05) is 30.3 Å². The lowest BCUT2D eigenvalue weighted by molar-refractivity contribution is -0.132. The Labute approximate surface area is 122 Å². The topological polar surface area (TPSA) is 55.1 Å². The van der Waals surface area contributed by atoms with Crippen LogP contribution < -0.4 is 11.1 Å². The third-order valence-electron chi connectivity index (χ3n) is 4.26. The lowest BCUT2D eigenvalue weighted by Gasteiger charge is -2.37. The van der Waals surface area contributed by atoms with Crippen LogP contribution >= 0.6 is 0 Å². The maximum absolute atomic E-state index is 12.3. The van der Waals surface area contributed by atoms with Crippen molar-refractivity contribution in [3.8, 4) is 0 Å². The molecule has 0 fully saturated rings. The van der Waals surface area contributed by atoms with Gasteiger partial charge in [0, 0.05) is 11.6 Å². The van der Waals surface area contributed by atoms with Crippen molar-refractivity contribution in [3.63, 3.8) is 0 Å². The Morgan fingerprint density at radius 3 is 2.25 bits per heavy atom. The van der Waals surface area contributed by atoms with Crippen LogP contribution in [0.1, 0.15) is 46.6 Å². The van der Waals surface area contributed by atoms with E-state index < -0.39 is 11.0 Å². The lowest BCUT2D eigenvalue weighted by atomic mass is 9.74. The van der Waals surface area contributed by atoms with Crippen molar-refractivity contribution in [1.82, 2.24) is 5.32 Å². The zero-order valence-corrected chi connectivity index (χ0v) is 13.4. The lowest BCUT2D eigenvalue weighted by Crippen LogP contribution is -2.56. The summed E-state index contributed by atoms with van der Waals surface area (Å²) in [7, 11) is 0. The fourth-order valence-corrected chi connectivity index (χ4v) is 1.80. The highest BCUT2D eigenvalue weighted by atomic mass is 16.2. The molecule has 0 aromatic heterocycles. The van der Waals surface area contributed by atoms with E-state index in [4.69, 9.17) is 5.73 Å². The predicted molar refractivity (Wildman–Crippen MR) is 84.4 cm³/mol. The molecule has 0 aliphatic heterocycles. The maximum Gasteiger partial charge on any atom is 0.227 e. The Kier molecular flexibility index (Phi) is 5.35. The van der Waals surface area contributed by atoms with Gasteiger partial charge in [-0.15, -0.1) is 0 Å². The molecular weight excluding hydrogens is 248 g/mol. The minimum absolute atomic E-state index is 0.0190. The maximum atomic E-state index is 12.3. The first kappa shape index (κ1) is 16.7. The Balaban J connectivity index is 2.50. The number of hydrogen-bond acceptors (Lipinski definition) is 2. The summed E-state index contributed by atoms with van der Waals surface area (Å²) in [6.07, 6.45) is 1.89. The first-order chi connectivity index (χ1) is 9.14. The van der Waals surface area contributed by atoms with Gasteiger partial charge in [0.25, 0.3) is 0 Å². The summed E-state index contributed by atoms with van der Waals surface area (Å²) in [5, 5.41) is 3.08. The van der Waals surface area contributed by atoms with Crippen molar-refractivity contribution in [2.45, 2.75) is 59.0 Å². The molecule has 3 N–H and O–H groups in total. The number of carbonyl (C=O) groups excluding carboxylic acids is 1. The van der Waals surface area contributed by atoms with Gasteiger partial charge in [0.2, 0.25) is 5.91 Å². The molecule has 1 aromatic rings. The quantitative estimate of drug-likeness (QED) is 0.839. The number of nitrogens with one attached hydrogen (secondary N) is 1. The number of benzene rings is 1. The molecule has 3 nitrogen and oxygen atoms in total. The summed E-state index contributed by atoms with van der Waals surface area (Å²) in [5.41, 5.74) is 6.26. The molecule has 0 spiro atoms. The molecule has 0 heterocycles. The van der Waals surface area contributed by atoms with Gasteiger partial charge in [-0.3, -0.25) is 4.79 Å². The number of amides is 1. The van der Waals surface area contributed by atoms with E-state index in [9.17, 15) is 4.79 Å². The van der Waals surface area contributed by atoms with Crippen molar-refractivity contribution in [2.24, 2.45) is 11.1 Å². The SMILES string of the molecule is CC(CCc1ccccc1)NC(=O)C(C)(C)C(C)(C)N. The molecule has 1 amide bonds. The van der Waals surface area contributed by atoms with Crippen molar-refractivity contribution < 1.29 is 4.79 Å². The standard InChI is InChI=1S/C17H28N2O/c1-13(11-12-14-9-7-6-8-10-14)19-15(20)16(2,3)17(4,5)18/h6-10,13H,11-12,18H2,1-5H3,(H,19,20). The van der Waals surface area contributed by atoms with E-state index in [1.54, 1.807) is 0 Å². The second-order valence-corrected chi connectivity index (χ2v) is 6.75. The molecular formula is C17H28N2O. The van der Waals surface area contributed by atoms with Gasteiger partial charge in [-0.25, -0.2) is 0 Å². The second kappa shape index (κ2) is 6.40. The molecule has 1 atom stereocenters. The fraction of sp³-hybridized carbons (Fsp3) is 0.588. The van der Waals surface area contributed by atoms with Crippen LogP contribution in [0, 0.1) is 5.41 Å². The predicted octanol–water partition coefficient (Wildman–Crippen LogP) is 2.89. The molecule has 0 radical (unpaired) electrons. The van der Waals surface area contributed by atoms with Crippen molar-refractivity contribution in [3.05, 3.63) is 35.9 Å².